The highest BCUT2D eigenvalue weighted by molar-refractivity contribution is 5.41. The van der Waals surface area contributed by atoms with Gasteiger partial charge in [0.2, 0.25) is 5.82 Å². The van der Waals surface area contributed by atoms with Crippen molar-refractivity contribution in [3.8, 4) is 17.7 Å². The molecule has 0 amide bonds. The largest absolute Gasteiger partial charge is 0.396 e. The maximum atomic E-state index is 9.29. The van der Waals surface area contributed by atoms with Gasteiger partial charge in [0.15, 0.2) is 5.82 Å². The van der Waals surface area contributed by atoms with E-state index < -0.39 is 5.41 Å². The van der Waals surface area contributed by atoms with Crippen molar-refractivity contribution in [1.29, 1.82) is 5.26 Å². The molecule has 0 N–H and O–H groups in total. The zero-order chi connectivity index (χ0) is 22.2. The zero-order valence-corrected chi connectivity index (χ0v) is 15.7. The van der Waals surface area contributed by atoms with Crippen LogP contribution in [0.4, 0.5) is 5.95 Å². The van der Waals surface area contributed by atoms with Gasteiger partial charge in [0.1, 0.15) is 19.4 Å². The van der Waals surface area contributed by atoms with Crippen molar-refractivity contribution >= 4 is 5.95 Å². The first kappa shape index (κ1) is 15.7. The molecule has 140 valence electrons. The fourth-order valence-corrected chi connectivity index (χ4v) is 2.96. The number of aromatic nitrogens is 6. The van der Waals surface area contributed by atoms with Gasteiger partial charge in [-0.15, -0.1) is 6.57 Å². The van der Waals surface area contributed by atoms with E-state index in [1.54, 1.807) is 12.1 Å². The third-order valence-electron chi connectivity index (χ3n) is 4.60. The minimum atomic E-state index is -0.619. The van der Waals surface area contributed by atoms with E-state index in [4.69, 9.17) is 19.3 Å². The van der Waals surface area contributed by atoms with Crippen LogP contribution in [0.15, 0.2) is 61.1 Å². The molecule has 0 spiro atoms. The lowest BCUT2D eigenvalue weighted by atomic mass is 9.84. The normalized spacial score (nSPS) is 12.0. The van der Waals surface area contributed by atoms with E-state index >= 15 is 0 Å². The summed E-state index contributed by atoms with van der Waals surface area (Å²) in [6.45, 7) is 11.2. The van der Waals surface area contributed by atoms with Crippen LogP contribution in [0, 0.1) is 17.9 Å². The first-order valence-corrected chi connectivity index (χ1v) is 8.69. The van der Waals surface area contributed by atoms with Crippen LogP contribution in [-0.4, -0.2) is 29.1 Å². The van der Waals surface area contributed by atoms with Crippen LogP contribution < -0.4 is 0 Å². The van der Waals surface area contributed by atoms with E-state index in [9.17, 15) is 5.26 Å². The van der Waals surface area contributed by atoms with Gasteiger partial charge in [-0.05, 0) is 38.1 Å². The van der Waals surface area contributed by atoms with Crippen LogP contribution in [0.5, 0.6) is 0 Å². The molecule has 4 aromatic heterocycles. The average Bonchev–Trinajstić information content (AvgIpc) is 3.35. The molecular weight excluding hydrogens is 364 g/mol. The molecule has 0 aromatic carbocycles. The summed E-state index contributed by atoms with van der Waals surface area (Å²) < 4.78 is 18.4. The van der Waals surface area contributed by atoms with Crippen LogP contribution in [0.2, 0.25) is 0 Å². The zero-order valence-electron chi connectivity index (χ0n) is 17.7. The Kier molecular flexibility index (Phi) is 3.81. The molecule has 29 heavy (non-hydrogen) atoms. The van der Waals surface area contributed by atoms with Gasteiger partial charge in [-0.2, -0.15) is 10.2 Å². The quantitative estimate of drug-likeness (QED) is 0.503. The highest BCUT2D eigenvalue weighted by atomic mass is 15.2. The molecule has 0 bridgehead atoms. The molecule has 0 unspecified atom stereocenters. The van der Waals surface area contributed by atoms with Crippen molar-refractivity contribution in [2.24, 2.45) is 0 Å². The fourth-order valence-electron chi connectivity index (χ4n) is 2.96. The number of nitriles is 1. The minimum Gasteiger partial charge on any atom is -0.396 e. The number of hydrogen-bond donors (Lipinski definition) is 0. The SMILES string of the molecule is [2H]c1cn(-c2cccc(C(C)(C)c3cccc(-n4cc([2H])nc4[N+]#[C-])n3)n2)c(C#N)n1. The van der Waals surface area contributed by atoms with Crippen molar-refractivity contribution in [1.82, 2.24) is 29.1 Å². The summed E-state index contributed by atoms with van der Waals surface area (Å²) in [6, 6.07) is 12.9. The lowest BCUT2D eigenvalue weighted by molar-refractivity contribution is 0.591. The molecule has 0 radical (unpaired) electrons. The second-order valence-corrected chi connectivity index (χ2v) is 6.71. The smallest absolute Gasteiger partial charge is 0.344 e. The summed E-state index contributed by atoms with van der Waals surface area (Å²) in [4.78, 5) is 20.6. The number of imidazole rings is 2. The molecular formula is C21H16N8. The average molecular weight is 382 g/mol. The lowest BCUT2D eigenvalue weighted by Gasteiger charge is -2.24. The predicted molar refractivity (Wildman–Crippen MR) is 106 cm³/mol. The van der Waals surface area contributed by atoms with Gasteiger partial charge >= 0.3 is 5.95 Å². The Morgan fingerprint density at radius 2 is 1.59 bits per heavy atom. The number of rotatable bonds is 4. The maximum Gasteiger partial charge on any atom is 0.344 e. The van der Waals surface area contributed by atoms with Crippen molar-refractivity contribution in [2.45, 2.75) is 19.3 Å². The standard InChI is InChI=1S/C21H16N8/c1-21(2,15-6-4-8-17(26-15)28-12-10-24-19(28)14-22)16-7-5-9-18(27-16)29-13-11-25-20(29)23-3/h4-13H,1-2H3/i10D,11D. The van der Waals surface area contributed by atoms with E-state index in [-0.39, 0.29) is 24.1 Å². The summed E-state index contributed by atoms with van der Waals surface area (Å²) in [5.74, 6) is 1.13. The van der Waals surface area contributed by atoms with Gasteiger partial charge in [0, 0.05) is 17.8 Å². The lowest BCUT2D eigenvalue weighted by Crippen LogP contribution is -2.23. The molecule has 0 aliphatic rings. The molecule has 0 atom stereocenters. The summed E-state index contributed by atoms with van der Waals surface area (Å²) in [5.41, 5.74) is 0.792. The number of nitrogens with zero attached hydrogens (tertiary/aromatic N) is 8. The summed E-state index contributed by atoms with van der Waals surface area (Å²) in [7, 11) is 0. The number of pyridine rings is 2. The minimum absolute atomic E-state index is 0.00535. The van der Waals surface area contributed by atoms with Gasteiger partial charge < -0.3 is 4.85 Å². The second-order valence-electron chi connectivity index (χ2n) is 6.71. The molecule has 0 aliphatic heterocycles. The van der Waals surface area contributed by atoms with Gasteiger partial charge in [-0.25, -0.2) is 19.5 Å². The highest BCUT2D eigenvalue weighted by Gasteiger charge is 2.27. The molecule has 8 nitrogen and oxygen atoms in total. The van der Waals surface area contributed by atoms with E-state index in [0.29, 0.717) is 23.0 Å². The third-order valence-corrected chi connectivity index (χ3v) is 4.60. The molecule has 0 aliphatic carbocycles. The van der Waals surface area contributed by atoms with Crippen molar-refractivity contribution in [3.63, 3.8) is 0 Å². The van der Waals surface area contributed by atoms with Gasteiger partial charge in [0.25, 0.3) is 0 Å². The molecule has 4 rings (SSSR count). The third kappa shape index (κ3) is 3.13. The molecule has 0 saturated carbocycles. The van der Waals surface area contributed by atoms with E-state index in [0.717, 1.165) is 0 Å². The molecule has 0 saturated heterocycles. The van der Waals surface area contributed by atoms with Gasteiger partial charge in [-0.3, -0.25) is 4.57 Å². The second kappa shape index (κ2) is 7.02. The predicted octanol–water partition coefficient (Wildman–Crippen LogP) is 3.60. The first-order valence-electron chi connectivity index (χ1n) is 9.69. The van der Waals surface area contributed by atoms with E-state index in [1.807, 2.05) is 44.2 Å². The Bertz CT molecular complexity index is 1270. The Morgan fingerprint density at radius 3 is 2.21 bits per heavy atom. The van der Waals surface area contributed by atoms with Crippen LogP contribution in [0.25, 0.3) is 16.5 Å². The summed E-state index contributed by atoms with van der Waals surface area (Å²) >= 11 is 0. The Balaban J connectivity index is 1.78. The molecule has 4 aromatic rings. The summed E-state index contributed by atoms with van der Waals surface area (Å²) in [6.07, 6.45) is 2.88. The topological polar surface area (TPSA) is 89.6 Å². The first-order chi connectivity index (χ1) is 14.8. The van der Waals surface area contributed by atoms with Gasteiger partial charge in [-0.1, -0.05) is 12.1 Å². The van der Waals surface area contributed by atoms with E-state index in [2.05, 4.69) is 14.8 Å². The van der Waals surface area contributed by atoms with Crippen molar-refractivity contribution < 1.29 is 2.74 Å². The Morgan fingerprint density at radius 1 is 1.00 bits per heavy atom. The van der Waals surface area contributed by atoms with Crippen LogP contribution in [-0.2, 0) is 5.41 Å². The van der Waals surface area contributed by atoms with Crippen molar-refractivity contribution in [2.75, 3.05) is 0 Å². The number of hydrogen-bond acceptors (Lipinski definition) is 5. The maximum absolute atomic E-state index is 9.29. The van der Waals surface area contributed by atoms with Crippen LogP contribution in [0.3, 0.4) is 0 Å². The Hall–Kier alpha value is -4.30. The van der Waals surface area contributed by atoms with Crippen molar-refractivity contribution in [3.05, 3.63) is 89.8 Å². The molecule has 0 fully saturated rings. The highest BCUT2D eigenvalue weighted by Crippen LogP contribution is 2.30. The fraction of sp³-hybridized carbons (Fsp3) is 0.143. The van der Waals surface area contributed by atoms with Crippen LogP contribution >= 0.6 is 0 Å². The molecule has 8 heteroatoms. The monoisotopic (exact) mass is 382 g/mol. The molecule has 4 heterocycles. The van der Waals surface area contributed by atoms with E-state index in [1.165, 1.54) is 21.5 Å². The van der Waals surface area contributed by atoms with Gasteiger partial charge in [0.05, 0.1) is 19.0 Å². The van der Waals surface area contributed by atoms with Crippen LogP contribution in [0.1, 0.15) is 33.8 Å². The summed E-state index contributed by atoms with van der Waals surface area (Å²) in [5, 5.41) is 9.29. The Labute approximate surface area is 170 Å².